The van der Waals surface area contributed by atoms with Gasteiger partial charge in [-0.25, -0.2) is 9.67 Å². The first kappa shape index (κ1) is 10.6. The normalized spacial score (nSPS) is 13.9. The van der Waals surface area contributed by atoms with Crippen molar-refractivity contribution in [2.45, 2.75) is 19.3 Å². The molecule has 0 radical (unpaired) electrons. The van der Waals surface area contributed by atoms with Crippen molar-refractivity contribution in [3.8, 4) is 5.69 Å². The lowest BCUT2D eigenvalue weighted by atomic mass is 10.1. The third-order valence-corrected chi connectivity index (χ3v) is 3.79. The number of benzene rings is 1. The Hall–Kier alpha value is -2.36. The van der Waals surface area contributed by atoms with Crippen molar-refractivity contribution in [3.05, 3.63) is 47.8 Å². The van der Waals surface area contributed by atoms with Gasteiger partial charge in [0.15, 0.2) is 5.65 Å². The van der Waals surface area contributed by atoms with E-state index in [1.54, 1.807) is 0 Å². The zero-order valence-corrected chi connectivity index (χ0v) is 10.5. The lowest BCUT2D eigenvalue weighted by molar-refractivity contribution is 0.878. The summed E-state index contributed by atoms with van der Waals surface area (Å²) in [5.41, 5.74) is 11.4. The molecule has 0 unspecified atom stereocenters. The monoisotopic (exact) mass is 250 g/mol. The number of aryl methyl sites for hydroxylation is 1. The molecule has 0 aliphatic heterocycles. The van der Waals surface area contributed by atoms with Crippen LogP contribution in [0.5, 0.6) is 0 Å². The molecule has 4 heteroatoms. The van der Waals surface area contributed by atoms with Gasteiger partial charge in [0.05, 0.1) is 17.3 Å². The van der Waals surface area contributed by atoms with Crippen LogP contribution >= 0.6 is 0 Å². The Morgan fingerprint density at radius 3 is 2.79 bits per heavy atom. The van der Waals surface area contributed by atoms with Crippen molar-refractivity contribution in [2.75, 3.05) is 5.73 Å². The molecule has 4 rings (SSSR count). The Balaban J connectivity index is 2.02. The minimum atomic E-state index is 0.861. The summed E-state index contributed by atoms with van der Waals surface area (Å²) in [5.74, 6) is 0. The molecule has 0 bridgehead atoms. The van der Waals surface area contributed by atoms with Gasteiger partial charge in [-0.3, -0.25) is 0 Å². The van der Waals surface area contributed by atoms with Gasteiger partial charge >= 0.3 is 0 Å². The van der Waals surface area contributed by atoms with Crippen LogP contribution in [0.4, 0.5) is 5.69 Å². The molecule has 19 heavy (non-hydrogen) atoms. The maximum atomic E-state index is 6.27. The second-order valence-electron chi connectivity index (χ2n) is 4.93. The smallest absolute Gasteiger partial charge is 0.165 e. The van der Waals surface area contributed by atoms with E-state index in [1.165, 1.54) is 5.56 Å². The van der Waals surface area contributed by atoms with Crippen LogP contribution in [0.2, 0.25) is 0 Å². The fourth-order valence-electron chi connectivity index (χ4n) is 2.83. The molecule has 0 saturated heterocycles. The van der Waals surface area contributed by atoms with Crippen LogP contribution in [0.1, 0.15) is 17.7 Å². The summed E-state index contributed by atoms with van der Waals surface area (Å²) in [4.78, 5) is 4.77. The second-order valence-corrected chi connectivity index (χ2v) is 4.93. The number of anilines is 1. The molecule has 0 spiro atoms. The van der Waals surface area contributed by atoms with Gasteiger partial charge < -0.3 is 5.73 Å². The summed E-state index contributed by atoms with van der Waals surface area (Å²) >= 11 is 0. The van der Waals surface area contributed by atoms with E-state index >= 15 is 0 Å². The minimum absolute atomic E-state index is 0.861. The lowest BCUT2D eigenvalue weighted by Crippen LogP contribution is -2.01. The highest BCUT2D eigenvalue weighted by Gasteiger charge is 2.20. The molecule has 1 aliphatic carbocycles. The van der Waals surface area contributed by atoms with Gasteiger partial charge in [-0.05, 0) is 37.0 Å². The fraction of sp³-hybridized carbons (Fsp3) is 0.200. The third kappa shape index (κ3) is 1.46. The predicted molar refractivity (Wildman–Crippen MR) is 75.3 cm³/mol. The number of aromatic nitrogens is 3. The molecular weight excluding hydrogens is 236 g/mol. The van der Waals surface area contributed by atoms with Crippen LogP contribution in [0, 0.1) is 0 Å². The summed E-state index contributed by atoms with van der Waals surface area (Å²) in [6.45, 7) is 0. The van der Waals surface area contributed by atoms with Gasteiger partial charge in [-0.2, -0.15) is 5.10 Å². The van der Waals surface area contributed by atoms with Gasteiger partial charge in [0.2, 0.25) is 0 Å². The third-order valence-electron chi connectivity index (χ3n) is 3.79. The zero-order chi connectivity index (χ0) is 12.8. The van der Waals surface area contributed by atoms with E-state index in [4.69, 9.17) is 10.7 Å². The molecule has 1 aromatic carbocycles. The molecule has 94 valence electrons. The van der Waals surface area contributed by atoms with Crippen LogP contribution < -0.4 is 5.73 Å². The number of hydrogen-bond donors (Lipinski definition) is 1. The Bertz CT molecular complexity index is 759. The standard InChI is InChI=1S/C15H14N4/c16-14-11-7-4-8-13(11)18-15-12(14)9-17-19(15)10-5-2-1-3-6-10/h1-3,5-6,9H,4,7-8H2,(H2,16,18). The Morgan fingerprint density at radius 2 is 1.95 bits per heavy atom. The first-order chi connectivity index (χ1) is 9.34. The topological polar surface area (TPSA) is 56.7 Å². The molecule has 0 amide bonds. The molecule has 2 N–H and O–H groups in total. The first-order valence-electron chi connectivity index (χ1n) is 6.55. The number of nitrogens with zero attached hydrogens (tertiary/aromatic N) is 3. The van der Waals surface area contributed by atoms with Gasteiger partial charge in [0.25, 0.3) is 0 Å². The van der Waals surface area contributed by atoms with Crippen molar-refractivity contribution in [1.29, 1.82) is 0 Å². The summed E-state index contributed by atoms with van der Waals surface area (Å²) in [6.07, 6.45) is 5.04. The van der Waals surface area contributed by atoms with Gasteiger partial charge in [0.1, 0.15) is 0 Å². The Morgan fingerprint density at radius 1 is 1.11 bits per heavy atom. The van der Waals surface area contributed by atoms with E-state index in [1.807, 2.05) is 41.2 Å². The molecule has 0 fully saturated rings. The van der Waals surface area contributed by atoms with Crippen molar-refractivity contribution >= 4 is 16.7 Å². The number of rotatable bonds is 1. The second kappa shape index (κ2) is 3.82. The number of nitrogen functional groups attached to an aromatic ring is 1. The molecule has 2 aromatic heterocycles. The summed E-state index contributed by atoms with van der Waals surface area (Å²) in [7, 11) is 0. The lowest BCUT2D eigenvalue weighted by Gasteiger charge is -2.07. The highest BCUT2D eigenvalue weighted by molar-refractivity contribution is 5.91. The molecule has 2 heterocycles. The molecule has 3 aromatic rings. The summed E-state index contributed by atoms with van der Waals surface area (Å²) in [5, 5.41) is 5.40. The van der Waals surface area contributed by atoms with E-state index in [0.717, 1.165) is 47.4 Å². The highest BCUT2D eigenvalue weighted by atomic mass is 15.3. The zero-order valence-electron chi connectivity index (χ0n) is 10.5. The van der Waals surface area contributed by atoms with Crippen LogP contribution in [-0.4, -0.2) is 14.8 Å². The molecule has 1 aliphatic rings. The van der Waals surface area contributed by atoms with Gasteiger partial charge in [0, 0.05) is 11.4 Å². The minimum Gasteiger partial charge on any atom is -0.398 e. The molecule has 0 atom stereocenters. The van der Waals surface area contributed by atoms with Crippen LogP contribution in [0.3, 0.4) is 0 Å². The van der Waals surface area contributed by atoms with Crippen molar-refractivity contribution < 1.29 is 0 Å². The van der Waals surface area contributed by atoms with Gasteiger partial charge in [-0.15, -0.1) is 0 Å². The van der Waals surface area contributed by atoms with E-state index in [0.29, 0.717) is 0 Å². The largest absolute Gasteiger partial charge is 0.398 e. The number of hydrogen-bond acceptors (Lipinski definition) is 3. The molecule has 0 saturated carbocycles. The van der Waals surface area contributed by atoms with Crippen LogP contribution in [0.25, 0.3) is 16.7 Å². The average Bonchev–Trinajstić information content (AvgIpc) is 3.07. The van der Waals surface area contributed by atoms with E-state index in [2.05, 4.69) is 5.10 Å². The van der Waals surface area contributed by atoms with Crippen LogP contribution in [-0.2, 0) is 12.8 Å². The average molecular weight is 250 g/mol. The van der Waals surface area contributed by atoms with Gasteiger partial charge in [-0.1, -0.05) is 18.2 Å². The SMILES string of the molecule is Nc1c2c(nc3c1cnn3-c1ccccc1)CCC2. The van der Waals surface area contributed by atoms with Crippen molar-refractivity contribution in [1.82, 2.24) is 14.8 Å². The first-order valence-corrected chi connectivity index (χ1v) is 6.55. The molecule has 4 nitrogen and oxygen atoms in total. The maximum absolute atomic E-state index is 6.27. The highest BCUT2D eigenvalue weighted by Crippen LogP contribution is 2.32. The van der Waals surface area contributed by atoms with E-state index < -0.39 is 0 Å². The molecular formula is C15H14N4. The van der Waals surface area contributed by atoms with E-state index in [9.17, 15) is 0 Å². The van der Waals surface area contributed by atoms with Crippen molar-refractivity contribution in [2.24, 2.45) is 0 Å². The summed E-state index contributed by atoms with van der Waals surface area (Å²) < 4.78 is 1.87. The summed E-state index contributed by atoms with van der Waals surface area (Å²) in [6, 6.07) is 10.0. The Labute approximate surface area is 110 Å². The predicted octanol–water partition coefficient (Wildman–Crippen LogP) is 2.49. The van der Waals surface area contributed by atoms with E-state index in [-0.39, 0.29) is 0 Å². The number of para-hydroxylation sites is 1. The maximum Gasteiger partial charge on any atom is 0.165 e. The van der Waals surface area contributed by atoms with Crippen LogP contribution in [0.15, 0.2) is 36.5 Å². The Kier molecular flexibility index (Phi) is 2.12. The quantitative estimate of drug-likeness (QED) is 0.722. The number of fused-ring (bicyclic) bond motifs is 2. The van der Waals surface area contributed by atoms with Crippen molar-refractivity contribution in [3.63, 3.8) is 0 Å². The number of pyridine rings is 1. The number of nitrogens with two attached hydrogens (primary N) is 1. The fourth-order valence-corrected chi connectivity index (χ4v) is 2.83.